The summed E-state index contributed by atoms with van der Waals surface area (Å²) < 4.78 is 24.5. The highest BCUT2D eigenvalue weighted by molar-refractivity contribution is 5.93. The Hall–Kier alpha value is -2.21. The summed E-state index contributed by atoms with van der Waals surface area (Å²) in [6.45, 7) is 2.15. The van der Waals surface area contributed by atoms with E-state index in [1.54, 1.807) is 18.2 Å². The van der Waals surface area contributed by atoms with Crippen molar-refractivity contribution in [1.29, 1.82) is 0 Å². The minimum absolute atomic E-state index is 0.143. The van der Waals surface area contributed by atoms with Crippen LogP contribution >= 0.6 is 0 Å². The first-order valence-corrected chi connectivity index (χ1v) is 8.32. The standard InChI is InChI=1S/C18H19FN2O3/c19-15-4-2-1-3-14(15)17-9-16(20-24-17)18(22)21(13-5-6-13)10-12-7-8-23-11-12/h1-4,9,12-13H,5-8,10-11H2/t12-/m1/s1. The van der Waals surface area contributed by atoms with E-state index < -0.39 is 5.82 Å². The number of amides is 1. The number of ether oxygens (including phenoxy) is 1. The van der Waals surface area contributed by atoms with Gasteiger partial charge in [0, 0.05) is 31.2 Å². The van der Waals surface area contributed by atoms with E-state index in [0.29, 0.717) is 24.6 Å². The Morgan fingerprint density at radius 3 is 2.83 bits per heavy atom. The molecule has 4 rings (SSSR count). The van der Waals surface area contributed by atoms with Crippen molar-refractivity contribution in [2.45, 2.75) is 25.3 Å². The Balaban J connectivity index is 1.54. The van der Waals surface area contributed by atoms with Crippen LogP contribution in [0.4, 0.5) is 4.39 Å². The molecule has 2 heterocycles. The van der Waals surface area contributed by atoms with Crippen molar-refractivity contribution in [2.24, 2.45) is 5.92 Å². The normalized spacial score (nSPS) is 20.3. The summed E-state index contributed by atoms with van der Waals surface area (Å²) in [5, 5.41) is 3.88. The third-order valence-electron chi connectivity index (χ3n) is 4.60. The lowest BCUT2D eigenvalue weighted by Crippen LogP contribution is -2.37. The fourth-order valence-electron chi connectivity index (χ4n) is 3.10. The predicted molar refractivity (Wildman–Crippen MR) is 84.9 cm³/mol. The van der Waals surface area contributed by atoms with Crippen LogP contribution in [0, 0.1) is 11.7 Å². The maximum Gasteiger partial charge on any atom is 0.276 e. The lowest BCUT2D eigenvalue weighted by atomic mass is 10.1. The van der Waals surface area contributed by atoms with Crippen molar-refractivity contribution >= 4 is 5.91 Å². The quantitative estimate of drug-likeness (QED) is 0.845. The zero-order chi connectivity index (χ0) is 16.5. The van der Waals surface area contributed by atoms with Crippen LogP contribution in [0.15, 0.2) is 34.9 Å². The number of nitrogens with zero attached hydrogens (tertiary/aromatic N) is 2. The zero-order valence-corrected chi connectivity index (χ0v) is 13.3. The van der Waals surface area contributed by atoms with Gasteiger partial charge in [0.2, 0.25) is 0 Å². The molecule has 0 spiro atoms. The number of carbonyl (C=O) groups is 1. The van der Waals surface area contributed by atoms with Crippen LogP contribution in [0.2, 0.25) is 0 Å². The van der Waals surface area contributed by atoms with E-state index >= 15 is 0 Å². The van der Waals surface area contributed by atoms with Gasteiger partial charge in [-0.3, -0.25) is 4.79 Å². The molecule has 2 aromatic rings. The summed E-state index contributed by atoms with van der Waals surface area (Å²) in [6, 6.07) is 8.11. The van der Waals surface area contributed by atoms with Crippen molar-refractivity contribution in [3.63, 3.8) is 0 Å². The topological polar surface area (TPSA) is 55.6 Å². The Kier molecular flexibility index (Phi) is 4.06. The highest BCUT2D eigenvalue weighted by Crippen LogP contribution is 2.31. The third-order valence-corrected chi connectivity index (χ3v) is 4.60. The van der Waals surface area contributed by atoms with Crippen LogP contribution in [0.25, 0.3) is 11.3 Å². The molecule has 1 saturated heterocycles. The van der Waals surface area contributed by atoms with Gasteiger partial charge in [0.1, 0.15) is 5.82 Å². The summed E-state index contributed by atoms with van der Waals surface area (Å²) in [7, 11) is 0. The Labute approximate surface area is 139 Å². The molecule has 0 unspecified atom stereocenters. The van der Waals surface area contributed by atoms with Crippen molar-refractivity contribution < 1.29 is 18.4 Å². The molecular weight excluding hydrogens is 311 g/mol. The molecule has 1 aliphatic carbocycles. The molecule has 0 bridgehead atoms. The maximum absolute atomic E-state index is 13.9. The van der Waals surface area contributed by atoms with Crippen LogP contribution in [0.3, 0.4) is 0 Å². The second-order valence-electron chi connectivity index (χ2n) is 6.47. The molecule has 1 saturated carbocycles. The molecule has 1 aromatic carbocycles. The molecule has 1 amide bonds. The predicted octanol–water partition coefficient (Wildman–Crippen LogP) is 3.12. The van der Waals surface area contributed by atoms with Gasteiger partial charge in [-0.15, -0.1) is 0 Å². The molecular formula is C18H19FN2O3. The smallest absolute Gasteiger partial charge is 0.276 e. The van der Waals surface area contributed by atoms with Gasteiger partial charge in [0.05, 0.1) is 12.2 Å². The number of benzene rings is 1. The van der Waals surface area contributed by atoms with E-state index in [4.69, 9.17) is 9.26 Å². The first-order chi connectivity index (χ1) is 11.7. The number of halogens is 1. The monoisotopic (exact) mass is 330 g/mol. The van der Waals surface area contributed by atoms with Crippen LogP contribution in [-0.4, -0.2) is 41.8 Å². The fourth-order valence-corrected chi connectivity index (χ4v) is 3.10. The summed E-state index contributed by atoms with van der Waals surface area (Å²) in [5.41, 5.74) is 0.547. The summed E-state index contributed by atoms with van der Waals surface area (Å²) in [5.74, 6) is 0.120. The van der Waals surface area contributed by atoms with E-state index in [1.165, 1.54) is 12.1 Å². The lowest BCUT2D eigenvalue weighted by Gasteiger charge is -2.24. The molecule has 2 aliphatic rings. The number of hydrogen-bond donors (Lipinski definition) is 0. The maximum atomic E-state index is 13.9. The SMILES string of the molecule is O=C(c1cc(-c2ccccc2F)on1)N(C[C@H]1CCOC1)C1CC1. The van der Waals surface area contributed by atoms with Crippen LogP contribution in [0.5, 0.6) is 0 Å². The summed E-state index contributed by atoms with van der Waals surface area (Å²) in [6.07, 6.45) is 3.03. The molecule has 0 radical (unpaired) electrons. The van der Waals surface area contributed by atoms with Gasteiger partial charge >= 0.3 is 0 Å². The van der Waals surface area contributed by atoms with Gasteiger partial charge in [0.15, 0.2) is 11.5 Å². The first kappa shape index (κ1) is 15.3. The Morgan fingerprint density at radius 2 is 2.12 bits per heavy atom. The van der Waals surface area contributed by atoms with E-state index in [2.05, 4.69) is 5.16 Å². The minimum atomic E-state index is -0.394. The second kappa shape index (κ2) is 6.36. The second-order valence-corrected chi connectivity index (χ2v) is 6.47. The van der Waals surface area contributed by atoms with Crippen molar-refractivity contribution in [2.75, 3.05) is 19.8 Å². The van der Waals surface area contributed by atoms with E-state index in [9.17, 15) is 9.18 Å². The Bertz CT molecular complexity index is 735. The van der Waals surface area contributed by atoms with Crippen molar-refractivity contribution in [3.8, 4) is 11.3 Å². The van der Waals surface area contributed by atoms with Gasteiger partial charge in [0.25, 0.3) is 5.91 Å². The Morgan fingerprint density at radius 1 is 1.29 bits per heavy atom. The highest BCUT2D eigenvalue weighted by atomic mass is 19.1. The number of rotatable bonds is 5. The first-order valence-electron chi connectivity index (χ1n) is 8.32. The molecule has 24 heavy (non-hydrogen) atoms. The van der Waals surface area contributed by atoms with Crippen LogP contribution < -0.4 is 0 Å². The van der Waals surface area contributed by atoms with Gasteiger partial charge in [-0.2, -0.15) is 0 Å². The number of carbonyl (C=O) groups excluding carboxylic acids is 1. The van der Waals surface area contributed by atoms with Gasteiger partial charge in [-0.05, 0) is 31.4 Å². The van der Waals surface area contributed by atoms with Crippen LogP contribution in [-0.2, 0) is 4.74 Å². The van der Waals surface area contributed by atoms with E-state index in [-0.39, 0.29) is 23.4 Å². The molecule has 1 aliphatic heterocycles. The summed E-state index contributed by atoms with van der Waals surface area (Å²) in [4.78, 5) is 14.7. The lowest BCUT2D eigenvalue weighted by molar-refractivity contribution is 0.0696. The van der Waals surface area contributed by atoms with Crippen molar-refractivity contribution in [1.82, 2.24) is 10.1 Å². The number of aromatic nitrogens is 1. The van der Waals surface area contributed by atoms with Gasteiger partial charge < -0.3 is 14.2 Å². The third kappa shape index (κ3) is 3.06. The molecule has 6 heteroatoms. The average molecular weight is 330 g/mol. The average Bonchev–Trinajstić information content (AvgIpc) is 3.10. The molecule has 1 atom stereocenters. The van der Waals surface area contributed by atoms with Gasteiger partial charge in [-0.1, -0.05) is 17.3 Å². The molecule has 126 valence electrons. The van der Waals surface area contributed by atoms with Crippen LogP contribution in [0.1, 0.15) is 29.8 Å². The van der Waals surface area contributed by atoms with Crippen molar-refractivity contribution in [3.05, 3.63) is 41.8 Å². The minimum Gasteiger partial charge on any atom is -0.381 e. The highest BCUT2D eigenvalue weighted by Gasteiger charge is 2.36. The number of hydrogen-bond acceptors (Lipinski definition) is 4. The molecule has 0 N–H and O–H groups in total. The molecule has 2 fully saturated rings. The zero-order valence-electron chi connectivity index (χ0n) is 13.3. The largest absolute Gasteiger partial charge is 0.381 e. The summed E-state index contributed by atoms with van der Waals surface area (Å²) >= 11 is 0. The molecule has 1 aromatic heterocycles. The van der Waals surface area contributed by atoms with E-state index in [1.807, 2.05) is 4.90 Å². The fraction of sp³-hybridized carbons (Fsp3) is 0.444. The molecule has 5 nitrogen and oxygen atoms in total. The van der Waals surface area contributed by atoms with E-state index in [0.717, 1.165) is 25.9 Å². The van der Waals surface area contributed by atoms with Gasteiger partial charge in [-0.25, -0.2) is 4.39 Å².